The molecule has 3 aromatic heterocycles. The predicted molar refractivity (Wildman–Crippen MR) is 208 cm³/mol. The van der Waals surface area contributed by atoms with Crippen molar-refractivity contribution >= 4 is 43.9 Å². The zero-order valence-electron chi connectivity index (χ0n) is 28.0. The summed E-state index contributed by atoms with van der Waals surface area (Å²) in [7, 11) is 0. The van der Waals surface area contributed by atoms with Gasteiger partial charge in [0.1, 0.15) is 28.2 Å². The quantitative estimate of drug-likeness (QED) is 0.187. The minimum atomic E-state index is -0.0782. The van der Waals surface area contributed by atoms with Crippen molar-refractivity contribution in [2.75, 3.05) is 0 Å². The SMILES string of the molecule is c1ccc(-c2ccc3c(c2)-c2ccccc2C(c2nc(-c4ccc5oc6ccccc6c5c4)nc(-c4cccc5oc6ccccc6c45)n2)C3)cc1. The van der Waals surface area contributed by atoms with Crippen molar-refractivity contribution in [3.8, 4) is 45.0 Å². The second kappa shape index (κ2) is 11.3. The molecule has 10 aromatic rings. The molecule has 3 heterocycles. The number of furan rings is 2. The van der Waals surface area contributed by atoms with Crippen LogP contribution in [0.15, 0.2) is 167 Å². The predicted octanol–water partition coefficient (Wildman–Crippen LogP) is 12.0. The smallest absolute Gasteiger partial charge is 0.164 e. The molecule has 1 aliphatic rings. The summed E-state index contributed by atoms with van der Waals surface area (Å²) < 4.78 is 12.5. The molecule has 0 spiro atoms. The van der Waals surface area contributed by atoms with Crippen LogP contribution in [0.4, 0.5) is 0 Å². The van der Waals surface area contributed by atoms with Crippen LogP contribution in [0.5, 0.6) is 0 Å². The van der Waals surface area contributed by atoms with Gasteiger partial charge in [0.2, 0.25) is 0 Å². The number of aromatic nitrogens is 3. The van der Waals surface area contributed by atoms with Crippen LogP contribution in [-0.2, 0) is 6.42 Å². The van der Waals surface area contributed by atoms with E-state index in [1.54, 1.807) is 0 Å². The molecule has 7 aromatic carbocycles. The molecule has 1 aliphatic carbocycles. The second-order valence-corrected chi connectivity index (χ2v) is 13.5. The number of benzene rings is 7. The van der Waals surface area contributed by atoms with Gasteiger partial charge in [-0.15, -0.1) is 0 Å². The first-order chi connectivity index (χ1) is 25.7. The average molecular weight is 668 g/mol. The van der Waals surface area contributed by atoms with Gasteiger partial charge in [0.15, 0.2) is 11.6 Å². The van der Waals surface area contributed by atoms with Crippen molar-refractivity contribution in [2.45, 2.75) is 12.3 Å². The van der Waals surface area contributed by atoms with Gasteiger partial charge in [0, 0.05) is 38.6 Å². The molecule has 1 atom stereocenters. The summed E-state index contributed by atoms with van der Waals surface area (Å²) in [4.78, 5) is 15.9. The van der Waals surface area contributed by atoms with Gasteiger partial charge < -0.3 is 8.83 Å². The van der Waals surface area contributed by atoms with Gasteiger partial charge in [-0.2, -0.15) is 0 Å². The highest BCUT2D eigenvalue weighted by molar-refractivity contribution is 6.12. The Kier molecular flexibility index (Phi) is 6.31. The number of rotatable bonds is 4. The summed E-state index contributed by atoms with van der Waals surface area (Å²) in [6.45, 7) is 0. The second-order valence-electron chi connectivity index (χ2n) is 13.5. The third kappa shape index (κ3) is 4.53. The Balaban J connectivity index is 1.13. The maximum absolute atomic E-state index is 6.30. The Morgan fingerprint density at radius 1 is 0.423 bits per heavy atom. The zero-order valence-corrected chi connectivity index (χ0v) is 28.0. The average Bonchev–Trinajstić information content (AvgIpc) is 3.79. The maximum atomic E-state index is 6.30. The van der Waals surface area contributed by atoms with Gasteiger partial charge in [0.05, 0.1) is 0 Å². The van der Waals surface area contributed by atoms with Crippen LogP contribution in [0, 0.1) is 0 Å². The van der Waals surface area contributed by atoms with Crippen LogP contribution in [0.3, 0.4) is 0 Å². The van der Waals surface area contributed by atoms with Crippen LogP contribution in [0.1, 0.15) is 22.9 Å². The van der Waals surface area contributed by atoms with Gasteiger partial charge in [-0.05, 0) is 82.3 Å². The Morgan fingerprint density at radius 3 is 2.00 bits per heavy atom. The highest BCUT2D eigenvalue weighted by atomic mass is 16.3. The van der Waals surface area contributed by atoms with Crippen LogP contribution in [-0.4, -0.2) is 15.0 Å². The standard InChI is InChI=1S/C47H29N3O2/c1-2-11-28(12-3-1)29-21-22-30-26-39(33-14-5-4-13-32(33)37(30)25-29)47-49-45(31-23-24-42-38(27-31)34-15-6-8-18-40(34)51-42)48-46(50-47)36-17-10-20-43-44(36)35-16-7-9-19-41(35)52-43/h1-25,27,39H,26H2. The summed E-state index contributed by atoms with van der Waals surface area (Å²) in [6, 6.07) is 54.8. The first-order valence-corrected chi connectivity index (χ1v) is 17.6. The molecular formula is C47H29N3O2. The molecule has 0 amide bonds. The monoisotopic (exact) mass is 667 g/mol. The van der Waals surface area contributed by atoms with Crippen LogP contribution >= 0.6 is 0 Å². The molecular weight excluding hydrogens is 639 g/mol. The van der Waals surface area contributed by atoms with E-state index in [-0.39, 0.29) is 5.92 Å². The van der Waals surface area contributed by atoms with Crippen molar-refractivity contribution in [3.05, 3.63) is 175 Å². The molecule has 0 aliphatic heterocycles. The molecule has 0 N–H and O–H groups in total. The van der Waals surface area contributed by atoms with Crippen LogP contribution in [0.25, 0.3) is 88.9 Å². The Morgan fingerprint density at radius 2 is 1.10 bits per heavy atom. The van der Waals surface area contributed by atoms with E-state index in [0.717, 1.165) is 67.2 Å². The molecule has 0 radical (unpaired) electrons. The van der Waals surface area contributed by atoms with Gasteiger partial charge in [-0.25, -0.2) is 15.0 Å². The number of para-hydroxylation sites is 2. The highest BCUT2D eigenvalue weighted by Crippen LogP contribution is 2.44. The minimum absolute atomic E-state index is 0.0782. The van der Waals surface area contributed by atoms with Gasteiger partial charge in [-0.1, -0.05) is 115 Å². The van der Waals surface area contributed by atoms with E-state index in [2.05, 4.69) is 103 Å². The molecule has 11 rings (SSSR count). The number of hydrogen-bond acceptors (Lipinski definition) is 5. The Hall–Kier alpha value is -6.85. The molecule has 1 unspecified atom stereocenters. The lowest BCUT2D eigenvalue weighted by molar-refractivity contribution is 0.668. The summed E-state index contributed by atoms with van der Waals surface area (Å²) in [5.41, 5.74) is 12.5. The van der Waals surface area contributed by atoms with Crippen molar-refractivity contribution in [2.24, 2.45) is 0 Å². The van der Waals surface area contributed by atoms with E-state index in [9.17, 15) is 0 Å². The molecule has 5 nitrogen and oxygen atoms in total. The molecule has 0 saturated carbocycles. The van der Waals surface area contributed by atoms with Gasteiger partial charge in [-0.3, -0.25) is 0 Å². The molecule has 52 heavy (non-hydrogen) atoms. The fourth-order valence-corrected chi connectivity index (χ4v) is 8.05. The number of hydrogen-bond donors (Lipinski definition) is 0. The largest absolute Gasteiger partial charge is 0.456 e. The third-order valence-corrected chi connectivity index (χ3v) is 10.5. The van der Waals surface area contributed by atoms with E-state index < -0.39 is 0 Å². The summed E-state index contributed by atoms with van der Waals surface area (Å²) in [5.74, 6) is 1.91. The molecule has 0 fully saturated rings. The fraction of sp³-hybridized carbons (Fsp3) is 0.0426. The zero-order chi connectivity index (χ0) is 34.2. The first-order valence-electron chi connectivity index (χ1n) is 17.6. The lowest BCUT2D eigenvalue weighted by atomic mass is 9.77. The number of nitrogens with zero attached hydrogens (tertiary/aromatic N) is 3. The highest BCUT2D eigenvalue weighted by Gasteiger charge is 2.30. The van der Waals surface area contributed by atoms with Gasteiger partial charge in [0.25, 0.3) is 0 Å². The maximum Gasteiger partial charge on any atom is 0.164 e. The normalized spacial score (nSPS) is 13.9. The topological polar surface area (TPSA) is 65.0 Å². The van der Waals surface area contributed by atoms with E-state index in [1.807, 2.05) is 54.6 Å². The molecule has 5 heteroatoms. The Labute approximate surface area is 298 Å². The van der Waals surface area contributed by atoms with E-state index in [1.165, 1.54) is 33.4 Å². The number of fused-ring (bicyclic) bond motifs is 9. The van der Waals surface area contributed by atoms with Gasteiger partial charge >= 0.3 is 0 Å². The lowest BCUT2D eigenvalue weighted by Gasteiger charge is -2.28. The van der Waals surface area contributed by atoms with E-state index >= 15 is 0 Å². The van der Waals surface area contributed by atoms with E-state index in [4.69, 9.17) is 23.8 Å². The summed E-state index contributed by atoms with van der Waals surface area (Å²) >= 11 is 0. The molecule has 0 saturated heterocycles. The third-order valence-electron chi connectivity index (χ3n) is 10.5. The van der Waals surface area contributed by atoms with Crippen molar-refractivity contribution in [1.29, 1.82) is 0 Å². The minimum Gasteiger partial charge on any atom is -0.456 e. The first kappa shape index (κ1) is 28.9. The Bertz CT molecular complexity index is 3010. The lowest BCUT2D eigenvalue weighted by Crippen LogP contribution is -2.17. The summed E-state index contributed by atoms with van der Waals surface area (Å²) in [6.07, 6.45) is 0.772. The van der Waals surface area contributed by atoms with Crippen molar-refractivity contribution in [1.82, 2.24) is 15.0 Å². The fourth-order valence-electron chi connectivity index (χ4n) is 8.05. The van der Waals surface area contributed by atoms with Crippen LogP contribution < -0.4 is 0 Å². The van der Waals surface area contributed by atoms with Crippen LogP contribution in [0.2, 0.25) is 0 Å². The van der Waals surface area contributed by atoms with Crippen molar-refractivity contribution in [3.63, 3.8) is 0 Å². The molecule has 244 valence electrons. The van der Waals surface area contributed by atoms with Crippen molar-refractivity contribution < 1.29 is 8.83 Å². The van der Waals surface area contributed by atoms with E-state index in [0.29, 0.717) is 11.6 Å². The molecule has 0 bridgehead atoms. The summed E-state index contributed by atoms with van der Waals surface area (Å²) in [5, 5.41) is 4.14.